The van der Waals surface area contributed by atoms with Gasteiger partial charge in [0.25, 0.3) is 0 Å². The number of rotatable bonds is 7. The average Bonchev–Trinajstić information content (AvgIpc) is 2.40. The fourth-order valence-corrected chi connectivity index (χ4v) is 3.45. The smallest absolute Gasteiger partial charge is 0.337 e. The number of hydrogen-bond donors (Lipinski definition) is 1. The lowest BCUT2D eigenvalue weighted by atomic mass is 10.2. The number of halogens is 2. The maximum absolute atomic E-state index is 13.7. The molecular weight excluding hydrogens is 321 g/mol. The molecule has 0 spiro atoms. The van der Waals surface area contributed by atoms with E-state index in [2.05, 4.69) is 6.58 Å². The summed E-state index contributed by atoms with van der Waals surface area (Å²) in [5.74, 6) is -2.59. The van der Waals surface area contributed by atoms with Crippen molar-refractivity contribution in [3.05, 3.63) is 41.2 Å². The summed E-state index contributed by atoms with van der Waals surface area (Å²) in [4.78, 5) is 10.6. The zero-order valence-electron chi connectivity index (χ0n) is 11.3. The van der Waals surface area contributed by atoms with Crippen molar-refractivity contribution in [2.45, 2.75) is 18.2 Å². The summed E-state index contributed by atoms with van der Waals surface area (Å²) >= 11 is 5.53. The second-order valence-corrected chi connectivity index (χ2v) is 6.54. The molecule has 0 aromatic heterocycles. The molecule has 0 atom stereocenters. The van der Waals surface area contributed by atoms with E-state index < -0.39 is 37.3 Å². The number of carboxylic acids is 1. The Labute approximate surface area is 127 Å². The van der Waals surface area contributed by atoms with E-state index in [1.807, 2.05) is 0 Å². The second kappa shape index (κ2) is 7.02. The van der Waals surface area contributed by atoms with E-state index in [0.717, 1.165) is 16.4 Å². The fraction of sp³-hybridized carbons (Fsp3) is 0.308. The van der Waals surface area contributed by atoms with Crippen molar-refractivity contribution in [2.75, 3.05) is 13.1 Å². The maximum atomic E-state index is 13.7. The third kappa shape index (κ3) is 3.81. The van der Waals surface area contributed by atoms with Gasteiger partial charge in [0.2, 0.25) is 10.0 Å². The highest BCUT2D eigenvalue weighted by Gasteiger charge is 2.26. The lowest BCUT2D eigenvalue weighted by Gasteiger charge is -2.20. The molecule has 1 aromatic rings. The zero-order chi connectivity index (χ0) is 16.2. The average molecular weight is 336 g/mol. The maximum Gasteiger partial charge on any atom is 0.337 e. The Morgan fingerprint density at radius 3 is 2.62 bits per heavy atom. The Hall–Kier alpha value is -1.44. The van der Waals surface area contributed by atoms with Gasteiger partial charge in [-0.25, -0.2) is 17.6 Å². The number of nitrogens with zero attached hydrogens (tertiary/aromatic N) is 1. The van der Waals surface area contributed by atoms with Crippen LogP contribution in [0.2, 0.25) is 5.02 Å². The van der Waals surface area contributed by atoms with E-state index in [9.17, 15) is 17.6 Å². The van der Waals surface area contributed by atoms with Crippen molar-refractivity contribution in [2.24, 2.45) is 0 Å². The Morgan fingerprint density at radius 1 is 1.52 bits per heavy atom. The Bertz CT molecular complexity index is 660. The minimum atomic E-state index is -4.02. The third-order valence-electron chi connectivity index (χ3n) is 2.68. The van der Waals surface area contributed by atoms with Gasteiger partial charge in [0.15, 0.2) is 0 Å². The largest absolute Gasteiger partial charge is 0.478 e. The molecule has 0 unspecified atom stereocenters. The minimum Gasteiger partial charge on any atom is -0.478 e. The number of hydrogen-bond acceptors (Lipinski definition) is 3. The molecule has 116 valence electrons. The van der Waals surface area contributed by atoms with E-state index in [1.165, 1.54) is 6.08 Å². The Kier molecular flexibility index (Phi) is 5.88. The SMILES string of the molecule is C=CCN(CCC)S(=O)(=O)c1cc(F)c(Cl)c(C(=O)O)c1. The summed E-state index contributed by atoms with van der Waals surface area (Å²) in [5.41, 5.74) is -0.592. The molecular formula is C13H15ClFNO4S. The number of carboxylic acid groups (broad SMARTS) is 1. The highest BCUT2D eigenvalue weighted by Crippen LogP contribution is 2.26. The quantitative estimate of drug-likeness (QED) is 0.777. The van der Waals surface area contributed by atoms with Crippen molar-refractivity contribution >= 4 is 27.6 Å². The summed E-state index contributed by atoms with van der Waals surface area (Å²) in [5, 5.41) is 8.33. The second-order valence-electron chi connectivity index (χ2n) is 4.22. The van der Waals surface area contributed by atoms with Gasteiger partial charge >= 0.3 is 5.97 Å². The molecule has 0 aliphatic heterocycles. The van der Waals surface area contributed by atoms with Crippen LogP contribution in [0.4, 0.5) is 4.39 Å². The summed E-state index contributed by atoms with van der Waals surface area (Å²) in [6.45, 7) is 5.51. The zero-order valence-corrected chi connectivity index (χ0v) is 12.9. The van der Waals surface area contributed by atoms with Crippen molar-refractivity contribution in [1.82, 2.24) is 4.31 Å². The number of sulfonamides is 1. The van der Waals surface area contributed by atoms with Crippen molar-refractivity contribution in [3.8, 4) is 0 Å². The lowest BCUT2D eigenvalue weighted by molar-refractivity contribution is 0.0696. The Morgan fingerprint density at radius 2 is 2.14 bits per heavy atom. The molecule has 0 bridgehead atoms. The van der Waals surface area contributed by atoms with Gasteiger partial charge < -0.3 is 5.11 Å². The first-order valence-electron chi connectivity index (χ1n) is 6.09. The normalized spacial score (nSPS) is 11.6. The summed E-state index contributed by atoms with van der Waals surface area (Å²) in [7, 11) is -4.02. The van der Waals surface area contributed by atoms with Gasteiger partial charge in [0.1, 0.15) is 5.82 Å². The molecule has 0 aliphatic rings. The van der Waals surface area contributed by atoms with E-state index in [0.29, 0.717) is 6.42 Å². The van der Waals surface area contributed by atoms with E-state index in [1.54, 1.807) is 6.92 Å². The van der Waals surface area contributed by atoms with Gasteiger partial charge in [-0.2, -0.15) is 4.31 Å². The molecule has 8 heteroatoms. The van der Waals surface area contributed by atoms with Crippen molar-refractivity contribution < 1.29 is 22.7 Å². The van der Waals surface area contributed by atoms with Crippen molar-refractivity contribution in [1.29, 1.82) is 0 Å². The van der Waals surface area contributed by atoms with Gasteiger partial charge in [-0.05, 0) is 18.6 Å². The molecule has 0 amide bonds. The summed E-state index contributed by atoms with van der Waals surface area (Å²) < 4.78 is 39.6. The Balaban J connectivity index is 3.43. The van der Waals surface area contributed by atoms with Crippen LogP contribution in [0.5, 0.6) is 0 Å². The lowest BCUT2D eigenvalue weighted by Crippen LogP contribution is -2.32. The molecule has 0 aliphatic carbocycles. The molecule has 5 nitrogen and oxygen atoms in total. The molecule has 0 heterocycles. The standard InChI is InChI=1S/C13H15ClFNO4S/c1-3-5-16(6-4-2)21(19,20)9-7-10(13(17)18)12(14)11(15)8-9/h3,7-8H,1,4-6H2,2H3,(H,17,18). The van der Waals surface area contributed by atoms with E-state index in [4.69, 9.17) is 16.7 Å². The first kappa shape index (κ1) is 17.6. The van der Waals surface area contributed by atoms with Crippen LogP contribution in [-0.4, -0.2) is 36.9 Å². The molecule has 0 saturated heterocycles. The molecule has 1 N–H and O–H groups in total. The van der Waals surface area contributed by atoms with Gasteiger partial charge in [0.05, 0.1) is 15.5 Å². The monoisotopic (exact) mass is 335 g/mol. The molecule has 0 fully saturated rings. The first-order chi connectivity index (χ1) is 9.75. The predicted octanol–water partition coefficient (Wildman–Crippen LogP) is 2.76. The van der Waals surface area contributed by atoms with Crippen LogP contribution in [0, 0.1) is 5.82 Å². The van der Waals surface area contributed by atoms with Crippen LogP contribution in [-0.2, 0) is 10.0 Å². The van der Waals surface area contributed by atoms with Crippen LogP contribution >= 0.6 is 11.6 Å². The third-order valence-corrected chi connectivity index (χ3v) is 4.90. The predicted molar refractivity (Wildman–Crippen MR) is 77.6 cm³/mol. The van der Waals surface area contributed by atoms with Gasteiger partial charge in [0, 0.05) is 13.1 Å². The van der Waals surface area contributed by atoms with E-state index >= 15 is 0 Å². The van der Waals surface area contributed by atoms with Gasteiger partial charge in [-0.1, -0.05) is 24.6 Å². The summed E-state index contributed by atoms with van der Waals surface area (Å²) in [6, 6.07) is 1.57. The number of carbonyl (C=O) groups is 1. The fourth-order valence-electron chi connectivity index (χ4n) is 1.72. The highest BCUT2D eigenvalue weighted by molar-refractivity contribution is 7.89. The molecule has 21 heavy (non-hydrogen) atoms. The van der Waals surface area contributed by atoms with Crippen molar-refractivity contribution in [3.63, 3.8) is 0 Å². The first-order valence-corrected chi connectivity index (χ1v) is 7.90. The number of aromatic carboxylic acids is 1. The molecule has 0 saturated carbocycles. The van der Waals surface area contributed by atoms with E-state index in [-0.39, 0.29) is 13.1 Å². The van der Waals surface area contributed by atoms with Gasteiger partial charge in [-0.3, -0.25) is 0 Å². The number of benzene rings is 1. The molecule has 0 radical (unpaired) electrons. The van der Waals surface area contributed by atoms with Crippen LogP contribution in [0.3, 0.4) is 0 Å². The van der Waals surface area contributed by atoms with Crippen LogP contribution < -0.4 is 0 Å². The van der Waals surface area contributed by atoms with Gasteiger partial charge in [-0.15, -0.1) is 6.58 Å². The van der Waals surface area contributed by atoms with Crippen LogP contribution in [0.25, 0.3) is 0 Å². The van der Waals surface area contributed by atoms with Crippen LogP contribution in [0.1, 0.15) is 23.7 Å². The molecule has 1 aromatic carbocycles. The molecule has 1 rings (SSSR count). The minimum absolute atomic E-state index is 0.0445. The summed E-state index contributed by atoms with van der Waals surface area (Å²) in [6.07, 6.45) is 1.95. The van der Waals surface area contributed by atoms with Crippen LogP contribution in [0.15, 0.2) is 29.7 Å². The topological polar surface area (TPSA) is 74.7 Å². The highest BCUT2D eigenvalue weighted by atomic mass is 35.5.